The normalized spacial score (nSPS) is 21.9. The van der Waals surface area contributed by atoms with Crippen LogP contribution in [0.5, 0.6) is 0 Å². The van der Waals surface area contributed by atoms with Crippen LogP contribution in [0, 0.1) is 5.92 Å². The van der Waals surface area contributed by atoms with E-state index in [1.807, 2.05) is 0 Å². The highest BCUT2D eigenvalue weighted by Crippen LogP contribution is 2.17. The Morgan fingerprint density at radius 2 is 1.91 bits per heavy atom. The molecule has 0 atom stereocenters. The van der Waals surface area contributed by atoms with Crippen molar-refractivity contribution in [3.63, 3.8) is 0 Å². The molecule has 0 saturated carbocycles. The largest absolute Gasteiger partial charge is 0.381 e. The third kappa shape index (κ3) is 3.67. The summed E-state index contributed by atoms with van der Waals surface area (Å²) in [5.41, 5.74) is 0. The number of rotatable bonds is 2. The summed E-state index contributed by atoms with van der Waals surface area (Å²) in [6, 6.07) is 0. The average molecular weight is 182 g/mol. The molecule has 1 rings (SSSR count). The Morgan fingerprint density at radius 3 is 2.36 bits per heavy atom. The summed E-state index contributed by atoms with van der Waals surface area (Å²) in [4.78, 5) is 0. The van der Waals surface area contributed by atoms with Crippen molar-refractivity contribution in [2.75, 3.05) is 19.0 Å². The SMILES string of the molecule is O=S(=O)(F)CC1CCOCC1. The maximum absolute atomic E-state index is 12.1. The number of ether oxygens (including phenoxy) is 1. The Kier molecular flexibility index (Phi) is 2.84. The molecule has 11 heavy (non-hydrogen) atoms. The van der Waals surface area contributed by atoms with Crippen LogP contribution in [-0.2, 0) is 15.0 Å². The zero-order valence-electron chi connectivity index (χ0n) is 6.12. The summed E-state index contributed by atoms with van der Waals surface area (Å²) < 4.78 is 37.5. The van der Waals surface area contributed by atoms with Crippen molar-refractivity contribution < 1.29 is 17.0 Å². The van der Waals surface area contributed by atoms with Crippen molar-refractivity contribution in [2.24, 2.45) is 5.92 Å². The van der Waals surface area contributed by atoms with Crippen LogP contribution in [0.2, 0.25) is 0 Å². The van der Waals surface area contributed by atoms with E-state index in [1.54, 1.807) is 0 Å². The molecule has 66 valence electrons. The Labute approximate surface area is 65.8 Å². The number of hydrogen-bond donors (Lipinski definition) is 0. The Bertz CT molecular complexity index is 206. The summed E-state index contributed by atoms with van der Waals surface area (Å²) in [6.45, 7) is 1.11. The quantitative estimate of drug-likeness (QED) is 0.591. The minimum atomic E-state index is -4.28. The van der Waals surface area contributed by atoms with Gasteiger partial charge in [0.25, 0.3) is 0 Å². The smallest absolute Gasteiger partial charge is 0.302 e. The first kappa shape index (κ1) is 8.93. The van der Waals surface area contributed by atoms with Gasteiger partial charge in [-0.05, 0) is 18.8 Å². The summed E-state index contributed by atoms with van der Waals surface area (Å²) in [7, 11) is -4.28. The molecule has 1 fully saturated rings. The van der Waals surface area contributed by atoms with E-state index in [9.17, 15) is 12.3 Å². The molecule has 0 aromatic heterocycles. The van der Waals surface area contributed by atoms with E-state index in [0.29, 0.717) is 26.1 Å². The fraction of sp³-hybridized carbons (Fsp3) is 1.00. The van der Waals surface area contributed by atoms with Crippen LogP contribution >= 0.6 is 0 Å². The highest BCUT2D eigenvalue weighted by atomic mass is 32.3. The maximum Gasteiger partial charge on any atom is 0.302 e. The van der Waals surface area contributed by atoms with E-state index >= 15 is 0 Å². The summed E-state index contributed by atoms with van der Waals surface area (Å²) in [5, 5.41) is 0. The van der Waals surface area contributed by atoms with Crippen LogP contribution in [0.25, 0.3) is 0 Å². The second-order valence-corrected chi connectivity index (χ2v) is 4.17. The van der Waals surface area contributed by atoms with Gasteiger partial charge in [0.15, 0.2) is 0 Å². The Balaban J connectivity index is 2.36. The number of hydrogen-bond acceptors (Lipinski definition) is 3. The zero-order chi connectivity index (χ0) is 8.32. The molecular formula is C6H11FO3S. The van der Waals surface area contributed by atoms with Crippen molar-refractivity contribution in [2.45, 2.75) is 12.8 Å². The van der Waals surface area contributed by atoms with Gasteiger partial charge in [0.1, 0.15) is 0 Å². The van der Waals surface area contributed by atoms with E-state index in [4.69, 9.17) is 4.74 Å². The Morgan fingerprint density at radius 1 is 1.36 bits per heavy atom. The first-order chi connectivity index (χ1) is 5.08. The van der Waals surface area contributed by atoms with Gasteiger partial charge in [-0.2, -0.15) is 8.42 Å². The molecule has 1 aliphatic heterocycles. The monoisotopic (exact) mass is 182 g/mol. The minimum Gasteiger partial charge on any atom is -0.381 e. The highest BCUT2D eigenvalue weighted by Gasteiger charge is 2.20. The lowest BCUT2D eigenvalue weighted by molar-refractivity contribution is 0.0721. The molecule has 0 spiro atoms. The van der Waals surface area contributed by atoms with Gasteiger partial charge in [0.2, 0.25) is 0 Å². The van der Waals surface area contributed by atoms with Gasteiger partial charge in [0.05, 0.1) is 5.75 Å². The molecule has 0 N–H and O–H groups in total. The summed E-state index contributed by atoms with van der Waals surface area (Å²) >= 11 is 0. The third-order valence-electron chi connectivity index (χ3n) is 1.78. The molecule has 1 heterocycles. The predicted molar refractivity (Wildman–Crippen MR) is 38.4 cm³/mol. The van der Waals surface area contributed by atoms with E-state index in [0.717, 1.165) is 0 Å². The van der Waals surface area contributed by atoms with Crippen LogP contribution in [-0.4, -0.2) is 27.4 Å². The fourth-order valence-corrected chi connectivity index (χ4v) is 2.09. The lowest BCUT2D eigenvalue weighted by atomic mass is 10.0. The molecule has 5 heteroatoms. The van der Waals surface area contributed by atoms with Crippen molar-refractivity contribution in [1.29, 1.82) is 0 Å². The molecule has 0 bridgehead atoms. The van der Waals surface area contributed by atoms with Crippen molar-refractivity contribution >= 4 is 10.2 Å². The number of halogens is 1. The Hall–Kier alpha value is -0.160. The second-order valence-electron chi connectivity index (χ2n) is 2.76. The topological polar surface area (TPSA) is 43.4 Å². The van der Waals surface area contributed by atoms with Gasteiger partial charge in [-0.1, -0.05) is 0 Å². The minimum absolute atomic E-state index is 0.0428. The van der Waals surface area contributed by atoms with E-state index < -0.39 is 10.2 Å². The lowest BCUT2D eigenvalue weighted by Gasteiger charge is -2.19. The van der Waals surface area contributed by atoms with Crippen molar-refractivity contribution in [3.8, 4) is 0 Å². The van der Waals surface area contributed by atoms with E-state index in [1.165, 1.54) is 0 Å². The first-order valence-corrected chi connectivity index (χ1v) is 5.13. The van der Waals surface area contributed by atoms with E-state index in [-0.39, 0.29) is 11.7 Å². The van der Waals surface area contributed by atoms with Crippen LogP contribution < -0.4 is 0 Å². The standard InChI is InChI=1S/C6H11FO3S/c7-11(8,9)5-6-1-3-10-4-2-6/h6H,1-5H2. The average Bonchev–Trinajstić information content (AvgIpc) is 1.85. The molecule has 0 aliphatic carbocycles. The second kappa shape index (κ2) is 3.49. The van der Waals surface area contributed by atoms with Gasteiger partial charge in [-0.15, -0.1) is 3.89 Å². The van der Waals surface area contributed by atoms with Gasteiger partial charge < -0.3 is 4.74 Å². The molecule has 0 aromatic rings. The summed E-state index contributed by atoms with van der Waals surface area (Å²) in [5.74, 6) is -0.380. The molecule has 0 amide bonds. The van der Waals surface area contributed by atoms with Crippen LogP contribution in [0.1, 0.15) is 12.8 Å². The van der Waals surface area contributed by atoms with E-state index in [2.05, 4.69) is 0 Å². The molecule has 1 aliphatic rings. The van der Waals surface area contributed by atoms with Gasteiger partial charge >= 0.3 is 10.2 Å². The predicted octanol–water partition coefficient (Wildman–Crippen LogP) is 0.712. The van der Waals surface area contributed by atoms with Crippen LogP contribution in [0.3, 0.4) is 0 Å². The van der Waals surface area contributed by atoms with Crippen LogP contribution in [0.4, 0.5) is 3.89 Å². The highest BCUT2D eigenvalue weighted by molar-refractivity contribution is 7.86. The van der Waals surface area contributed by atoms with Crippen molar-refractivity contribution in [1.82, 2.24) is 0 Å². The van der Waals surface area contributed by atoms with Gasteiger partial charge in [0, 0.05) is 13.2 Å². The maximum atomic E-state index is 12.1. The van der Waals surface area contributed by atoms with Gasteiger partial charge in [-0.25, -0.2) is 0 Å². The van der Waals surface area contributed by atoms with Crippen molar-refractivity contribution in [3.05, 3.63) is 0 Å². The first-order valence-electron chi connectivity index (χ1n) is 3.58. The van der Waals surface area contributed by atoms with Gasteiger partial charge in [-0.3, -0.25) is 0 Å². The third-order valence-corrected chi connectivity index (χ3v) is 2.65. The van der Waals surface area contributed by atoms with Crippen LogP contribution in [0.15, 0.2) is 0 Å². The molecule has 0 aromatic carbocycles. The molecule has 0 unspecified atom stereocenters. The molecule has 0 radical (unpaired) electrons. The summed E-state index contributed by atoms with van der Waals surface area (Å²) in [6.07, 6.45) is 1.31. The molecular weight excluding hydrogens is 171 g/mol. The molecule has 1 saturated heterocycles. The molecule has 3 nitrogen and oxygen atoms in total. The fourth-order valence-electron chi connectivity index (χ4n) is 1.19. The lowest BCUT2D eigenvalue weighted by Crippen LogP contribution is -2.21. The zero-order valence-corrected chi connectivity index (χ0v) is 6.94.